The van der Waals surface area contributed by atoms with E-state index < -0.39 is 5.97 Å². The molecule has 0 aromatic heterocycles. The Labute approximate surface area is 90.2 Å². The van der Waals surface area contributed by atoms with E-state index in [-0.39, 0.29) is 24.0 Å². The number of carbonyl (C=O) groups excluding carboxylic acids is 1. The normalized spacial score (nSPS) is 26.3. The number of carbonyl (C=O) groups is 2. The van der Waals surface area contributed by atoms with Crippen LogP contribution in [0.3, 0.4) is 0 Å². The van der Waals surface area contributed by atoms with Crippen molar-refractivity contribution in [2.75, 3.05) is 0 Å². The zero-order valence-corrected chi connectivity index (χ0v) is 9.11. The lowest BCUT2D eigenvalue weighted by Crippen LogP contribution is -2.17. The maximum absolute atomic E-state index is 11.5. The van der Waals surface area contributed by atoms with Gasteiger partial charge in [-0.1, -0.05) is 19.1 Å². The minimum absolute atomic E-state index is 0.0519. The fourth-order valence-corrected chi connectivity index (χ4v) is 2.18. The van der Waals surface area contributed by atoms with Crippen LogP contribution in [0.2, 0.25) is 0 Å². The molecule has 0 aromatic carbocycles. The van der Waals surface area contributed by atoms with Crippen LogP contribution < -0.4 is 0 Å². The first kappa shape index (κ1) is 12.0. The van der Waals surface area contributed by atoms with E-state index in [1.165, 1.54) is 0 Å². The quantitative estimate of drug-likeness (QED) is 0.709. The van der Waals surface area contributed by atoms with Gasteiger partial charge in [-0.05, 0) is 25.2 Å². The lowest BCUT2D eigenvalue weighted by atomic mass is 9.89. The molecule has 2 atom stereocenters. The van der Waals surface area contributed by atoms with Crippen LogP contribution in [0.25, 0.3) is 0 Å². The lowest BCUT2D eigenvalue weighted by molar-refractivity contribution is -0.138. The molecule has 1 aliphatic rings. The van der Waals surface area contributed by atoms with Gasteiger partial charge in [0.05, 0.1) is 0 Å². The van der Waals surface area contributed by atoms with Gasteiger partial charge >= 0.3 is 5.97 Å². The third-order valence-corrected chi connectivity index (χ3v) is 2.97. The Bertz CT molecular complexity index is 268. The van der Waals surface area contributed by atoms with Gasteiger partial charge in [-0.2, -0.15) is 0 Å². The lowest BCUT2D eigenvalue weighted by Gasteiger charge is -2.14. The van der Waals surface area contributed by atoms with Crippen LogP contribution >= 0.6 is 0 Å². The van der Waals surface area contributed by atoms with Crippen LogP contribution in [-0.2, 0) is 9.59 Å². The highest BCUT2D eigenvalue weighted by Crippen LogP contribution is 2.33. The van der Waals surface area contributed by atoms with Crippen molar-refractivity contribution >= 4 is 11.8 Å². The van der Waals surface area contributed by atoms with Crippen LogP contribution in [-0.4, -0.2) is 16.9 Å². The average Bonchev–Trinajstić information content (AvgIpc) is 2.49. The SMILES string of the molecule is CC/C=C/C[C@H]1C(=O)CC[C@@H]1CC(=O)O. The van der Waals surface area contributed by atoms with E-state index in [0.717, 1.165) is 12.8 Å². The zero-order chi connectivity index (χ0) is 11.3. The number of carboxylic acids is 1. The van der Waals surface area contributed by atoms with Crippen molar-refractivity contribution in [1.82, 2.24) is 0 Å². The number of allylic oxidation sites excluding steroid dienone is 2. The molecule has 1 N–H and O–H groups in total. The molecule has 1 fully saturated rings. The fraction of sp³-hybridized carbons (Fsp3) is 0.667. The van der Waals surface area contributed by atoms with Gasteiger partial charge < -0.3 is 5.11 Å². The van der Waals surface area contributed by atoms with E-state index in [1.807, 2.05) is 19.1 Å². The number of hydrogen-bond acceptors (Lipinski definition) is 2. The van der Waals surface area contributed by atoms with E-state index in [1.54, 1.807) is 0 Å². The molecule has 0 spiro atoms. The summed E-state index contributed by atoms with van der Waals surface area (Å²) in [6, 6.07) is 0. The summed E-state index contributed by atoms with van der Waals surface area (Å²) in [4.78, 5) is 22.1. The van der Waals surface area contributed by atoms with Crippen molar-refractivity contribution < 1.29 is 14.7 Å². The molecular formula is C12H18O3. The summed E-state index contributed by atoms with van der Waals surface area (Å²) in [5.41, 5.74) is 0. The smallest absolute Gasteiger partial charge is 0.303 e. The molecule has 84 valence electrons. The molecule has 0 amide bonds. The monoisotopic (exact) mass is 210 g/mol. The van der Waals surface area contributed by atoms with Crippen LogP contribution in [0.15, 0.2) is 12.2 Å². The first-order valence-electron chi connectivity index (χ1n) is 5.54. The number of Topliss-reactive ketones (excluding diaryl/α,β-unsaturated/α-hetero) is 1. The van der Waals surface area contributed by atoms with Crippen molar-refractivity contribution in [3.8, 4) is 0 Å². The minimum atomic E-state index is -0.792. The van der Waals surface area contributed by atoms with Gasteiger partial charge in [0.2, 0.25) is 0 Å². The first-order valence-corrected chi connectivity index (χ1v) is 5.54. The maximum Gasteiger partial charge on any atom is 0.303 e. The summed E-state index contributed by atoms with van der Waals surface area (Å²) in [6.45, 7) is 2.04. The molecule has 0 bridgehead atoms. The average molecular weight is 210 g/mol. The molecule has 0 aliphatic heterocycles. The van der Waals surface area contributed by atoms with E-state index in [0.29, 0.717) is 12.8 Å². The molecule has 0 unspecified atom stereocenters. The highest BCUT2D eigenvalue weighted by atomic mass is 16.4. The van der Waals surface area contributed by atoms with Crippen molar-refractivity contribution in [2.45, 2.75) is 39.0 Å². The van der Waals surface area contributed by atoms with Crippen molar-refractivity contribution in [1.29, 1.82) is 0 Å². The number of carboxylic acid groups (broad SMARTS) is 1. The number of hydrogen-bond donors (Lipinski definition) is 1. The molecule has 3 heteroatoms. The van der Waals surface area contributed by atoms with Crippen molar-refractivity contribution in [3.05, 3.63) is 12.2 Å². The standard InChI is InChI=1S/C12H18O3/c1-2-3-4-5-10-9(8-12(14)15)6-7-11(10)13/h3-4,9-10H,2,5-8H2,1H3,(H,14,15)/b4-3+/t9-,10-/m1/s1. The third kappa shape index (κ3) is 3.50. The first-order chi connectivity index (χ1) is 7.15. The molecule has 1 saturated carbocycles. The topological polar surface area (TPSA) is 54.4 Å². The molecule has 0 heterocycles. The third-order valence-electron chi connectivity index (χ3n) is 2.97. The predicted octanol–water partition coefficient (Wildman–Crippen LogP) is 2.41. The van der Waals surface area contributed by atoms with Gasteiger partial charge in [-0.25, -0.2) is 0 Å². The highest BCUT2D eigenvalue weighted by Gasteiger charge is 2.34. The molecule has 3 nitrogen and oxygen atoms in total. The molecule has 1 aliphatic carbocycles. The molecular weight excluding hydrogens is 192 g/mol. The van der Waals surface area contributed by atoms with Gasteiger partial charge in [-0.3, -0.25) is 9.59 Å². The van der Waals surface area contributed by atoms with Gasteiger partial charge in [0.15, 0.2) is 0 Å². The highest BCUT2D eigenvalue weighted by molar-refractivity contribution is 5.84. The molecule has 0 aromatic rings. The minimum Gasteiger partial charge on any atom is -0.481 e. The fourth-order valence-electron chi connectivity index (χ4n) is 2.18. The molecule has 0 saturated heterocycles. The number of ketones is 1. The second-order valence-electron chi connectivity index (χ2n) is 4.08. The Kier molecular flexibility index (Phi) is 4.53. The largest absolute Gasteiger partial charge is 0.481 e. The van der Waals surface area contributed by atoms with Crippen LogP contribution in [0, 0.1) is 11.8 Å². The summed E-state index contributed by atoms with van der Waals surface area (Å²) < 4.78 is 0. The van der Waals surface area contributed by atoms with Gasteiger partial charge in [0.1, 0.15) is 5.78 Å². The Morgan fingerprint density at radius 3 is 2.87 bits per heavy atom. The van der Waals surface area contributed by atoms with Crippen molar-refractivity contribution in [2.24, 2.45) is 11.8 Å². The van der Waals surface area contributed by atoms with E-state index in [4.69, 9.17) is 5.11 Å². The summed E-state index contributed by atoms with van der Waals surface area (Å²) in [5.74, 6) is -0.554. The van der Waals surface area contributed by atoms with Crippen molar-refractivity contribution in [3.63, 3.8) is 0 Å². The Hall–Kier alpha value is -1.12. The Morgan fingerprint density at radius 2 is 2.27 bits per heavy atom. The molecule has 0 radical (unpaired) electrons. The number of rotatable bonds is 5. The second-order valence-corrected chi connectivity index (χ2v) is 4.08. The Morgan fingerprint density at radius 1 is 1.53 bits per heavy atom. The Balaban J connectivity index is 2.52. The number of aliphatic carboxylic acids is 1. The molecule has 1 rings (SSSR count). The van der Waals surface area contributed by atoms with Gasteiger partial charge in [0, 0.05) is 18.8 Å². The van der Waals surface area contributed by atoms with Crippen LogP contribution in [0.1, 0.15) is 39.0 Å². The maximum atomic E-state index is 11.5. The van der Waals surface area contributed by atoms with E-state index >= 15 is 0 Å². The molecule has 15 heavy (non-hydrogen) atoms. The second kappa shape index (κ2) is 5.69. The van der Waals surface area contributed by atoms with E-state index in [9.17, 15) is 9.59 Å². The van der Waals surface area contributed by atoms with Crippen LogP contribution in [0.4, 0.5) is 0 Å². The van der Waals surface area contributed by atoms with Gasteiger partial charge in [-0.15, -0.1) is 0 Å². The predicted molar refractivity (Wildman–Crippen MR) is 57.5 cm³/mol. The van der Waals surface area contributed by atoms with E-state index in [2.05, 4.69) is 0 Å². The summed E-state index contributed by atoms with van der Waals surface area (Å²) >= 11 is 0. The van der Waals surface area contributed by atoms with Gasteiger partial charge in [0.25, 0.3) is 0 Å². The summed E-state index contributed by atoms with van der Waals surface area (Å²) in [7, 11) is 0. The zero-order valence-electron chi connectivity index (χ0n) is 9.11. The summed E-state index contributed by atoms with van der Waals surface area (Å²) in [5, 5.41) is 8.72. The summed E-state index contributed by atoms with van der Waals surface area (Å²) in [6.07, 6.45) is 7.15. The van der Waals surface area contributed by atoms with Crippen LogP contribution in [0.5, 0.6) is 0 Å².